The van der Waals surface area contributed by atoms with E-state index in [9.17, 15) is 4.79 Å². The van der Waals surface area contributed by atoms with Crippen LogP contribution in [0.5, 0.6) is 0 Å². The predicted octanol–water partition coefficient (Wildman–Crippen LogP) is 5.03. The molecule has 0 radical (unpaired) electrons. The van der Waals surface area contributed by atoms with Crippen molar-refractivity contribution < 1.29 is 4.79 Å². The van der Waals surface area contributed by atoms with E-state index in [-0.39, 0.29) is 5.91 Å². The first-order valence-corrected chi connectivity index (χ1v) is 9.84. The fourth-order valence-corrected chi connectivity index (χ4v) is 3.70. The van der Waals surface area contributed by atoms with Gasteiger partial charge in [0.05, 0.1) is 0 Å². The highest BCUT2D eigenvalue weighted by Gasteiger charge is 2.18. The normalized spacial score (nSPS) is 10.7. The lowest BCUT2D eigenvalue weighted by atomic mass is 10.2. The third kappa shape index (κ3) is 3.70. The topological polar surface area (TPSA) is 51.0 Å². The second-order valence-electron chi connectivity index (χ2n) is 5.90. The minimum atomic E-state index is -0.118. The number of amides is 1. The molecule has 1 amide bonds. The lowest BCUT2D eigenvalue weighted by Gasteiger charge is -2.13. The van der Waals surface area contributed by atoms with E-state index >= 15 is 0 Å². The summed E-state index contributed by atoms with van der Waals surface area (Å²) in [5.74, 6) is -0.118. The minimum Gasteiger partial charge on any atom is -0.324 e. The van der Waals surface area contributed by atoms with Crippen LogP contribution in [0.3, 0.4) is 0 Å². The summed E-state index contributed by atoms with van der Waals surface area (Å²) in [6, 6.07) is 19.3. The van der Waals surface area contributed by atoms with Crippen LogP contribution in [0.1, 0.15) is 10.4 Å². The van der Waals surface area contributed by atoms with Crippen molar-refractivity contribution in [2.45, 2.75) is 0 Å². The van der Waals surface area contributed by atoms with Crippen LogP contribution in [-0.4, -0.2) is 27.7 Å². The number of hydrogen-bond acceptors (Lipinski definition) is 4. The Labute approximate surface area is 169 Å². The highest BCUT2D eigenvalue weighted by Crippen LogP contribution is 2.29. The van der Waals surface area contributed by atoms with Crippen LogP contribution in [0.4, 0.5) is 5.13 Å². The van der Waals surface area contributed by atoms with E-state index in [1.807, 2.05) is 77.6 Å². The molecule has 4 aromatic rings. The maximum Gasteiger partial charge on any atom is 0.259 e. The minimum absolute atomic E-state index is 0.118. The zero-order valence-corrected chi connectivity index (χ0v) is 16.8. The van der Waals surface area contributed by atoms with Gasteiger partial charge in [-0.15, -0.1) is 10.2 Å². The Balaban J connectivity index is 1.53. The molecule has 27 heavy (non-hydrogen) atoms. The molecule has 0 N–H and O–H groups in total. The van der Waals surface area contributed by atoms with Crippen molar-refractivity contribution in [1.29, 1.82) is 0 Å². The Kier molecular flexibility index (Phi) is 4.87. The summed E-state index contributed by atoms with van der Waals surface area (Å²) in [7, 11) is 1.72. The molecular weight excluding hydrogens is 424 g/mol. The van der Waals surface area contributed by atoms with Crippen LogP contribution in [0, 0.1) is 0 Å². The van der Waals surface area contributed by atoms with Gasteiger partial charge < -0.3 is 4.57 Å². The van der Waals surface area contributed by atoms with E-state index in [1.54, 1.807) is 7.05 Å². The Morgan fingerprint density at radius 1 is 1.00 bits per heavy atom. The van der Waals surface area contributed by atoms with Gasteiger partial charge in [-0.2, -0.15) is 0 Å². The van der Waals surface area contributed by atoms with Crippen LogP contribution in [-0.2, 0) is 0 Å². The molecule has 0 spiro atoms. The Bertz CT molecular complexity index is 1060. The molecule has 0 aliphatic heterocycles. The molecule has 2 heterocycles. The van der Waals surface area contributed by atoms with Gasteiger partial charge >= 0.3 is 0 Å². The van der Waals surface area contributed by atoms with Crippen molar-refractivity contribution >= 4 is 38.3 Å². The highest BCUT2D eigenvalue weighted by molar-refractivity contribution is 9.10. The van der Waals surface area contributed by atoms with Crippen LogP contribution in [0.2, 0.25) is 0 Å². The molecule has 0 aliphatic rings. The maximum absolute atomic E-state index is 12.8. The lowest BCUT2D eigenvalue weighted by Crippen LogP contribution is -2.26. The SMILES string of the molecule is CN(C(=O)c1ccc(-n2cccc2)cc1)c1nnc(-c2ccc(Br)cc2)s1. The second-order valence-corrected chi connectivity index (χ2v) is 7.77. The summed E-state index contributed by atoms with van der Waals surface area (Å²) in [5.41, 5.74) is 2.58. The molecule has 0 saturated heterocycles. The van der Waals surface area contributed by atoms with Gasteiger partial charge in [-0.1, -0.05) is 39.4 Å². The summed E-state index contributed by atoms with van der Waals surface area (Å²) in [6.45, 7) is 0. The molecule has 0 aliphatic carbocycles. The van der Waals surface area contributed by atoms with Crippen molar-refractivity contribution in [1.82, 2.24) is 14.8 Å². The van der Waals surface area contributed by atoms with Gasteiger partial charge in [0.15, 0.2) is 0 Å². The molecule has 134 valence electrons. The monoisotopic (exact) mass is 438 g/mol. The number of carbonyl (C=O) groups is 1. The van der Waals surface area contributed by atoms with Gasteiger partial charge in [-0.05, 0) is 48.5 Å². The highest BCUT2D eigenvalue weighted by atomic mass is 79.9. The van der Waals surface area contributed by atoms with Crippen molar-refractivity contribution in [3.05, 3.63) is 83.1 Å². The number of hydrogen-bond donors (Lipinski definition) is 0. The van der Waals surface area contributed by atoms with E-state index < -0.39 is 0 Å². The van der Waals surface area contributed by atoms with Gasteiger partial charge in [0.1, 0.15) is 5.01 Å². The van der Waals surface area contributed by atoms with Gasteiger partial charge in [-0.25, -0.2) is 0 Å². The maximum atomic E-state index is 12.8. The molecular formula is C20H15BrN4OS. The quantitative estimate of drug-likeness (QED) is 0.448. The Hall–Kier alpha value is -2.77. The summed E-state index contributed by atoms with van der Waals surface area (Å²) in [5, 5.41) is 9.73. The van der Waals surface area contributed by atoms with Crippen molar-refractivity contribution in [2.24, 2.45) is 0 Å². The molecule has 0 saturated carbocycles. The van der Waals surface area contributed by atoms with E-state index in [4.69, 9.17) is 0 Å². The fourth-order valence-electron chi connectivity index (χ4n) is 2.62. The zero-order chi connectivity index (χ0) is 18.8. The molecule has 0 atom stereocenters. The van der Waals surface area contributed by atoms with Crippen LogP contribution in [0.15, 0.2) is 77.5 Å². The third-order valence-electron chi connectivity index (χ3n) is 4.11. The molecule has 7 heteroatoms. The number of aromatic nitrogens is 3. The van der Waals surface area contributed by atoms with Crippen LogP contribution in [0.25, 0.3) is 16.3 Å². The van der Waals surface area contributed by atoms with E-state index in [0.29, 0.717) is 10.7 Å². The summed E-state index contributed by atoms with van der Waals surface area (Å²) in [6.07, 6.45) is 3.93. The third-order valence-corrected chi connectivity index (χ3v) is 5.69. The standard InChI is InChI=1S/C20H15BrN4OS/c1-24(20-23-22-18(27-20)14-4-8-16(21)9-5-14)19(26)15-6-10-17(11-7-15)25-12-2-3-13-25/h2-13H,1H3. The second kappa shape index (κ2) is 7.46. The van der Waals surface area contributed by atoms with Crippen molar-refractivity contribution in [3.8, 4) is 16.3 Å². The summed E-state index contributed by atoms with van der Waals surface area (Å²) in [4.78, 5) is 14.3. The van der Waals surface area contributed by atoms with E-state index in [0.717, 1.165) is 20.7 Å². The first-order valence-electron chi connectivity index (χ1n) is 8.23. The Morgan fingerprint density at radius 2 is 1.67 bits per heavy atom. The predicted molar refractivity (Wildman–Crippen MR) is 112 cm³/mol. The molecule has 0 fully saturated rings. The number of rotatable bonds is 4. The molecule has 5 nitrogen and oxygen atoms in total. The zero-order valence-electron chi connectivity index (χ0n) is 14.4. The molecule has 2 aromatic heterocycles. The smallest absolute Gasteiger partial charge is 0.259 e. The molecule has 4 rings (SSSR count). The number of carbonyl (C=O) groups excluding carboxylic acids is 1. The number of nitrogens with zero attached hydrogens (tertiary/aromatic N) is 4. The van der Waals surface area contributed by atoms with Gasteiger partial charge in [0.25, 0.3) is 5.91 Å². The number of benzene rings is 2. The fraction of sp³-hybridized carbons (Fsp3) is 0.0500. The number of anilines is 1. The van der Waals surface area contributed by atoms with Crippen molar-refractivity contribution in [2.75, 3.05) is 11.9 Å². The van der Waals surface area contributed by atoms with Crippen LogP contribution >= 0.6 is 27.3 Å². The van der Waals surface area contributed by atoms with E-state index in [2.05, 4.69) is 26.1 Å². The molecule has 2 aromatic carbocycles. The Morgan fingerprint density at radius 3 is 2.33 bits per heavy atom. The first-order chi connectivity index (χ1) is 13.1. The van der Waals surface area contributed by atoms with Gasteiger partial charge in [0.2, 0.25) is 5.13 Å². The number of halogens is 1. The average molecular weight is 439 g/mol. The lowest BCUT2D eigenvalue weighted by molar-refractivity contribution is 0.0993. The molecule has 0 unspecified atom stereocenters. The van der Waals surface area contributed by atoms with Gasteiger partial charge in [0, 0.05) is 40.7 Å². The van der Waals surface area contributed by atoms with Crippen molar-refractivity contribution in [3.63, 3.8) is 0 Å². The molecule has 0 bridgehead atoms. The van der Waals surface area contributed by atoms with Gasteiger partial charge in [-0.3, -0.25) is 9.69 Å². The average Bonchev–Trinajstić information content (AvgIpc) is 3.40. The van der Waals surface area contributed by atoms with Crippen LogP contribution < -0.4 is 4.90 Å². The van der Waals surface area contributed by atoms with E-state index in [1.165, 1.54) is 16.2 Å². The summed E-state index contributed by atoms with van der Waals surface area (Å²) >= 11 is 4.81. The largest absolute Gasteiger partial charge is 0.324 e. The first kappa shape index (κ1) is 17.6. The summed E-state index contributed by atoms with van der Waals surface area (Å²) < 4.78 is 3.00.